The van der Waals surface area contributed by atoms with E-state index in [0.717, 1.165) is 56.1 Å². The Hall–Kier alpha value is -5.30. The van der Waals surface area contributed by atoms with E-state index < -0.39 is 26.0 Å². The zero-order valence-corrected chi connectivity index (χ0v) is 35.4. The summed E-state index contributed by atoms with van der Waals surface area (Å²) in [7, 11) is -0.901. The van der Waals surface area contributed by atoms with Crippen molar-refractivity contribution in [3.8, 4) is 22.3 Å². The summed E-state index contributed by atoms with van der Waals surface area (Å²) in [6.45, 7) is 3.28. The van der Waals surface area contributed by atoms with Crippen LogP contribution in [0.5, 0.6) is 0 Å². The molecule has 0 aliphatic carbocycles. The SMILES string of the molecule is CNS(=O)(=O)c1sc(N(C)C(=O)Cc2ccc(-c3ccccc3)cc2)nc1C.CNc1nc(C)c(S(=O)(=O)NC)s1.O=C(O)Cc1ccc(-c2ccccc2)cc1. The van der Waals surface area contributed by atoms with Gasteiger partial charge in [-0.15, -0.1) is 0 Å². The molecule has 17 heteroatoms. The Kier molecular flexibility index (Phi) is 15.8. The summed E-state index contributed by atoms with van der Waals surface area (Å²) in [5.74, 6) is -0.956. The molecule has 4 aromatic carbocycles. The Morgan fingerprint density at radius 3 is 1.42 bits per heavy atom. The number of nitrogens with one attached hydrogen (secondary N) is 3. The summed E-state index contributed by atoms with van der Waals surface area (Å²) in [6.07, 6.45) is 0.285. The Labute approximate surface area is 341 Å². The van der Waals surface area contributed by atoms with Crippen molar-refractivity contribution in [3.05, 3.63) is 132 Å². The molecule has 0 fully saturated rings. The van der Waals surface area contributed by atoms with Crippen LogP contribution in [-0.2, 0) is 42.5 Å². The van der Waals surface area contributed by atoms with E-state index in [0.29, 0.717) is 21.7 Å². The second-order valence-electron chi connectivity index (χ2n) is 12.3. The molecule has 2 heterocycles. The molecule has 0 saturated heterocycles. The van der Waals surface area contributed by atoms with Crippen LogP contribution in [0.15, 0.2) is 118 Å². The molecule has 57 heavy (non-hydrogen) atoms. The number of carboxylic acid groups (broad SMARTS) is 1. The van der Waals surface area contributed by atoms with Gasteiger partial charge in [-0.3, -0.25) is 14.5 Å². The van der Waals surface area contributed by atoms with Gasteiger partial charge in [-0.2, -0.15) is 0 Å². The van der Waals surface area contributed by atoms with Gasteiger partial charge in [0.15, 0.2) is 18.7 Å². The molecule has 0 saturated carbocycles. The predicted molar refractivity (Wildman–Crippen MR) is 228 cm³/mol. The predicted octanol–water partition coefficient (Wildman–Crippen LogP) is 6.61. The van der Waals surface area contributed by atoms with Gasteiger partial charge < -0.3 is 10.4 Å². The Morgan fingerprint density at radius 1 is 0.614 bits per heavy atom. The van der Waals surface area contributed by atoms with E-state index in [1.807, 2.05) is 109 Å². The number of anilines is 2. The number of likely N-dealkylation sites (N-methyl/N-ethyl adjacent to an activating group) is 1. The van der Waals surface area contributed by atoms with Gasteiger partial charge >= 0.3 is 5.97 Å². The van der Waals surface area contributed by atoms with Gasteiger partial charge in [-0.25, -0.2) is 36.2 Å². The zero-order chi connectivity index (χ0) is 41.8. The van der Waals surface area contributed by atoms with Gasteiger partial charge in [0.25, 0.3) is 20.0 Å². The number of carbonyl (C=O) groups excluding carboxylic acids is 1. The number of hydrogen-bond acceptors (Lipinski definition) is 11. The van der Waals surface area contributed by atoms with Crippen LogP contribution in [0.4, 0.5) is 10.3 Å². The normalized spacial score (nSPS) is 11.1. The van der Waals surface area contributed by atoms with Crippen molar-refractivity contribution >= 4 is 64.9 Å². The first kappa shape index (κ1) is 44.4. The van der Waals surface area contributed by atoms with Crippen LogP contribution < -0.4 is 19.7 Å². The molecule has 0 aliphatic heterocycles. The van der Waals surface area contributed by atoms with Crippen molar-refractivity contribution < 1.29 is 31.5 Å². The van der Waals surface area contributed by atoms with Crippen LogP contribution in [0.2, 0.25) is 0 Å². The van der Waals surface area contributed by atoms with Gasteiger partial charge in [0.1, 0.15) is 0 Å². The Bertz CT molecular complexity index is 2470. The third kappa shape index (κ3) is 12.3. The number of benzene rings is 4. The summed E-state index contributed by atoms with van der Waals surface area (Å²) in [4.78, 5) is 32.8. The van der Waals surface area contributed by atoms with Gasteiger partial charge in [0.2, 0.25) is 5.91 Å². The standard InChI is InChI=1S/C20H21N3O3S2.C14H12O2.C6H11N3O2S2/c1-14-19(28(25,26)21-2)27-20(22-14)23(3)18(24)13-15-9-11-17(12-10-15)16-7-5-4-6-8-16;15-14(16)10-11-6-8-13(9-7-11)12-4-2-1-3-5-12;1-4-5(13(10,11)8-3)12-6(7-2)9-4/h4-12,21H,13H2,1-3H3;1-9H,10H2,(H,15,16);8H,1-3H3,(H,7,9). The lowest BCUT2D eigenvalue weighted by atomic mass is 10.0. The van der Waals surface area contributed by atoms with Crippen LogP contribution in [0.1, 0.15) is 22.5 Å². The van der Waals surface area contributed by atoms with Gasteiger partial charge in [-0.05, 0) is 61.3 Å². The molecule has 0 atom stereocenters. The van der Waals surface area contributed by atoms with Crippen LogP contribution in [0, 0.1) is 13.8 Å². The monoisotopic (exact) mass is 848 g/mol. The number of amides is 1. The molecule has 0 radical (unpaired) electrons. The van der Waals surface area contributed by atoms with Gasteiger partial charge in [0.05, 0.1) is 24.2 Å². The number of carbonyl (C=O) groups is 2. The molecular weight excluding hydrogens is 805 g/mol. The fraction of sp³-hybridized carbons (Fsp3) is 0.200. The lowest BCUT2D eigenvalue weighted by Gasteiger charge is -2.14. The van der Waals surface area contributed by atoms with Crippen LogP contribution in [-0.4, -0.2) is 72.0 Å². The summed E-state index contributed by atoms with van der Waals surface area (Å²) >= 11 is 2.10. The van der Waals surface area contributed by atoms with Gasteiger partial charge in [0, 0.05) is 14.1 Å². The first-order valence-electron chi connectivity index (χ1n) is 17.3. The second-order valence-corrected chi connectivity index (χ2v) is 18.4. The number of rotatable bonds is 12. The van der Waals surface area contributed by atoms with Crippen LogP contribution in [0.3, 0.4) is 0 Å². The number of sulfonamides is 2. The molecule has 0 aliphatic rings. The Balaban J connectivity index is 0.000000209. The van der Waals surface area contributed by atoms with Crippen molar-refractivity contribution in [2.45, 2.75) is 35.1 Å². The number of nitrogens with zero attached hydrogens (tertiary/aromatic N) is 3. The fourth-order valence-electron chi connectivity index (χ4n) is 5.15. The van der Waals surface area contributed by atoms with E-state index in [-0.39, 0.29) is 27.2 Å². The van der Waals surface area contributed by atoms with E-state index in [2.05, 4.69) is 24.7 Å². The highest BCUT2D eigenvalue weighted by Crippen LogP contribution is 2.30. The lowest BCUT2D eigenvalue weighted by Crippen LogP contribution is -2.27. The molecule has 6 rings (SSSR count). The number of carboxylic acids is 1. The fourth-order valence-corrected chi connectivity index (χ4v) is 9.66. The highest BCUT2D eigenvalue weighted by molar-refractivity contribution is 7.92. The quantitative estimate of drug-likeness (QED) is 0.104. The summed E-state index contributed by atoms with van der Waals surface area (Å²) in [5, 5.41) is 12.4. The molecule has 0 spiro atoms. The van der Waals surface area contributed by atoms with E-state index in [1.165, 1.54) is 19.0 Å². The number of thiazole rings is 2. The number of aryl methyl sites for hydroxylation is 2. The molecule has 0 unspecified atom stereocenters. The van der Waals surface area contributed by atoms with Crippen molar-refractivity contribution in [2.75, 3.05) is 38.4 Å². The molecule has 6 aromatic rings. The average molecular weight is 849 g/mol. The van der Waals surface area contributed by atoms with E-state index >= 15 is 0 Å². The minimum atomic E-state index is -3.59. The highest BCUT2D eigenvalue weighted by Gasteiger charge is 2.24. The first-order valence-corrected chi connectivity index (χ1v) is 21.9. The average Bonchev–Trinajstić information content (AvgIpc) is 3.82. The van der Waals surface area contributed by atoms with E-state index in [1.54, 1.807) is 27.9 Å². The Morgan fingerprint density at radius 2 is 1.02 bits per heavy atom. The molecule has 300 valence electrons. The molecule has 1 amide bonds. The minimum absolute atomic E-state index is 0.0784. The molecule has 4 N–H and O–H groups in total. The lowest BCUT2D eigenvalue weighted by molar-refractivity contribution is -0.136. The van der Waals surface area contributed by atoms with Crippen LogP contribution in [0.25, 0.3) is 22.3 Å². The van der Waals surface area contributed by atoms with Crippen molar-refractivity contribution in [3.63, 3.8) is 0 Å². The maximum atomic E-state index is 12.6. The zero-order valence-electron chi connectivity index (χ0n) is 32.2. The highest BCUT2D eigenvalue weighted by atomic mass is 32.3. The summed E-state index contributed by atoms with van der Waals surface area (Å²) in [6, 6.07) is 35.5. The first-order chi connectivity index (χ1) is 27.1. The smallest absolute Gasteiger partial charge is 0.307 e. The maximum absolute atomic E-state index is 12.6. The van der Waals surface area contributed by atoms with E-state index in [4.69, 9.17) is 5.11 Å². The van der Waals surface area contributed by atoms with Crippen molar-refractivity contribution in [1.29, 1.82) is 0 Å². The number of hydrogen-bond donors (Lipinski definition) is 4. The van der Waals surface area contributed by atoms with Gasteiger partial charge in [-0.1, -0.05) is 132 Å². The van der Waals surface area contributed by atoms with E-state index in [9.17, 15) is 26.4 Å². The number of aliphatic carboxylic acids is 1. The van der Waals surface area contributed by atoms with Crippen LogP contribution >= 0.6 is 22.7 Å². The topological polar surface area (TPSA) is 188 Å². The third-order valence-electron chi connectivity index (χ3n) is 8.23. The van der Waals surface area contributed by atoms with Crippen molar-refractivity contribution in [2.24, 2.45) is 0 Å². The molecular formula is C40H44N6O7S4. The summed E-state index contributed by atoms with van der Waals surface area (Å²) < 4.78 is 51.7. The molecule has 0 bridgehead atoms. The summed E-state index contributed by atoms with van der Waals surface area (Å²) in [5.41, 5.74) is 7.06. The minimum Gasteiger partial charge on any atom is -0.481 e. The largest absolute Gasteiger partial charge is 0.481 e. The molecule has 2 aromatic heterocycles. The third-order valence-corrected chi connectivity index (χ3v) is 14.7. The van der Waals surface area contributed by atoms with Crippen molar-refractivity contribution in [1.82, 2.24) is 19.4 Å². The number of aromatic nitrogens is 2. The maximum Gasteiger partial charge on any atom is 0.307 e. The second kappa shape index (κ2) is 20.2. The molecule has 13 nitrogen and oxygen atoms in total.